The van der Waals surface area contributed by atoms with E-state index in [-0.39, 0.29) is 43.1 Å². The molecule has 3 aromatic rings. The molecule has 2 aliphatic rings. The molecule has 2 aliphatic heterocycles. The van der Waals surface area contributed by atoms with E-state index in [1.165, 1.54) is 0 Å². The lowest BCUT2D eigenvalue weighted by molar-refractivity contribution is -0.172. The predicted octanol–water partition coefficient (Wildman–Crippen LogP) is 3.17. The van der Waals surface area contributed by atoms with Crippen molar-refractivity contribution in [2.45, 2.75) is 72.8 Å². The first kappa shape index (κ1) is 26.5. The summed E-state index contributed by atoms with van der Waals surface area (Å²) in [5.41, 5.74) is 8.09. The Morgan fingerprint density at radius 3 is 2.62 bits per heavy atom. The number of aromatic nitrogens is 2. The molecule has 9 nitrogen and oxygen atoms in total. The average Bonchev–Trinajstić information content (AvgIpc) is 3.23. The molecule has 37 heavy (non-hydrogen) atoms. The highest BCUT2D eigenvalue weighted by atomic mass is 16.6. The Morgan fingerprint density at radius 2 is 1.97 bits per heavy atom. The molecule has 0 aliphatic carbocycles. The van der Waals surface area contributed by atoms with Crippen LogP contribution in [0.25, 0.3) is 22.3 Å². The lowest BCUT2D eigenvalue weighted by Crippen LogP contribution is -2.44. The number of fused-ring (bicyclic) bond motifs is 5. The minimum absolute atomic E-state index is 0. The molecule has 0 bridgehead atoms. The second kappa shape index (κ2) is 9.39. The highest BCUT2D eigenvalue weighted by molar-refractivity contribution is 5.90. The minimum Gasteiger partial charge on any atom is -0.458 e. The molecule has 0 amide bonds. The van der Waals surface area contributed by atoms with Crippen molar-refractivity contribution < 1.29 is 24.2 Å². The summed E-state index contributed by atoms with van der Waals surface area (Å²) in [5.74, 6) is -0.920. The van der Waals surface area contributed by atoms with Crippen LogP contribution in [0, 0.1) is 5.92 Å². The minimum atomic E-state index is -1.87. The van der Waals surface area contributed by atoms with Crippen LogP contribution in [0.5, 0.6) is 5.75 Å². The highest BCUT2D eigenvalue weighted by Gasteiger charge is 2.45. The van der Waals surface area contributed by atoms with Gasteiger partial charge < -0.3 is 24.9 Å². The quantitative estimate of drug-likeness (QED) is 0.311. The van der Waals surface area contributed by atoms with Crippen LogP contribution in [0.1, 0.15) is 63.8 Å². The van der Waals surface area contributed by atoms with Crippen LogP contribution in [0.2, 0.25) is 0 Å². The van der Waals surface area contributed by atoms with E-state index < -0.39 is 23.6 Å². The number of aliphatic hydroxyl groups is 1. The van der Waals surface area contributed by atoms with Gasteiger partial charge in [0, 0.05) is 16.5 Å². The smallest absolute Gasteiger partial charge is 0.343 e. The third kappa shape index (κ3) is 3.93. The third-order valence-corrected chi connectivity index (χ3v) is 7.34. The fourth-order valence-electron chi connectivity index (χ4n) is 5.06. The maximum atomic E-state index is 13.4. The van der Waals surface area contributed by atoms with Crippen molar-refractivity contribution in [2.75, 3.05) is 0 Å². The molecule has 0 saturated carbocycles. The maximum absolute atomic E-state index is 13.4. The number of hydrogen-bond donors (Lipinski definition) is 2. The van der Waals surface area contributed by atoms with Crippen LogP contribution in [-0.4, -0.2) is 32.6 Å². The summed E-state index contributed by atoms with van der Waals surface area (Å²) in [7, 11) is 0. The molecular weight excluding hydrogens is 474 g/mol. The van der Waals surface area contributed by atoms with Crippen molar-refractivity contribution in [1.29, 1.82) is 0 Å². The van der Waals surface area contributed by atoms with Gasteiger partial charge in [-0.25, -0.2) is 14.6 Å². The van der Waals surface area contributed by atoms with Crippen molar-refractivity contribution in [3.63, 3.8) is 0 Å². The molecule has 0 radical (unpaired) electrons. The molecule has 5 rings (SSSR count). The van der Waals surface area contributed by atoms with Gasteiger partial charge in [-0.05, 0) is 48.6 Å². The van der Waals surface area contributed by atoms with Crippen LogP contribution in [0.4, 0.5) is 0 Å². The molecule has 2 aromatic heterocycles. The van der Waals surface area contributed by atoms with E-state index in [1.807, 2.05) is 20.8 Å². The van der Waals surface area contributed by atoms with Gasteiger partial charge >= 0.3 is 11.9 Å². The lowest BCUT2D eigenvalue weighted by Gasteiger charge is -2.31. The number of rotatable bonds is 5. The fourth-order valence-corrected chi connectivity index (χ4v) is 5.06. The van der Waals surface area contributed by atoms with E-state index in [1.54, 1.807) is 35.8 Å². The molecule has 0 fully saturated rings. The Balaban J connectivity index is 0.00000320. The summed E-state index contributed by atoms with van der Waals surface area (Å²) in [6.45, 7) is 7.54. The molecule has 2 atom stereocenters. The van der Waals surface area contributed by atoms with E-state index >= 15 is 0 Å². The predicted molar refractivity (Wildman–Crippen MR) is 139 cm³/mol. The molecule has 0 spiro atoms. The van der Waals surface area contributed by atoms with Crippen LogP contribution < -0.4 is 16.0 Å². The van der Waals surface area contributed by atoms with E-state index in [0.717, 1.165) is 16.5 Å². The Kier molecular flexibility index (Phi) is 6.73. The van der Waals surface area contributed by atoms with Gasteiger partial charge in [0.05, 0.1) is 29.0 Å². The zero-order chi connectivity index (χ0) is 25.9. The second-order valence-electron chi connectivity index (χ2n) is 9.74. The maximum Gasteiger partial charge on any atom is 0.343 e. The van der Waals surface area contributed by atoms with Gasteiger partial charge in [0.2, 0.25) is 0 Å². The first-order valence-electron chi connectivity index (χ1n) is 12.2. The molecule has 1 aromatic carbocycles. The van der Waals surface area contributed by atoms with E-state index in [0.29, 0.717) is 35.6 Å². The van der Waals surface area contributed by atoms with Crippen LogP contribution in [-0.2, 0) is 39.5 Å². The molecule has 9 heteroatoms. The van der Waals surface area contributed by atoms with Gasteiger partial charge in [-0.1, -0.05) is 35.1 Å². The standard InChI is InChI=1S/C27H29N3O6.CH4/c1-5-15-16-9-14(36-25(32)22(28)13(3)4)7-8-20(16)29-23-17(15)11-30-21(23)10-19-18(24(30)31)12-35-26(33)27(19,34)6-2;/h7-10,13,22,34H,5-6,11-12,28H2,1-4H3;1H4/t22-,27-;/m0./s1. The van der Waals surface area contributed by atoms with Gasteiger partial charge in [-0.3, -0.25) is 4.79 Å². The number of carbonyl (C=O) groups is 2. The zero-order valence-corrected chi connectivity index (χ0v) is 20.8. The van der Waals surface area contributed by atoms with Crippen LogP contribution in [0.3, 0.4) is 0 Å². The Hall–Kier alpha value is -3.56. The van der Waals surface area contributed by atoms with Crippen molar-refractivity contribution in [2.24, 2.45) is 11.7 Å². The first-order chi connectivity index (χ1) is 17.1. The summed E-state index contributed by atoms with van der Waals surface area (Å²) in [6, 6.07) is 6.21. The number of aryl methyl sites for hydroxylation is 1. The summed E-state index contributed by atoms with van der Waals surface area (Å²) in [5, 5.41) is 11.9. The normalized spacial score (nSPS) is 18.5. The SMILES string of the molecule is C.CCc1c2c(nc3ccc(OC(=O)[C@@H](N)C(C)C)cc13)-c1cc3c(c(=O)n1C2)COC(=O)[C@]3(O)CC. The second-order valence-corrected chi connectivity index (χ2v) is 9.74. The van der Waals surface area contributed by atoms with E-state index in [2.05, 4.69) is 0 Å². The van der Waals surface area contributed by atoms with Gasteiger partial charge in [0.25, 0.3) is 5.56 Å². The summed E-state index contributed by atoms with van der Waals surface area (Å²) >= 11 is 0. The van der Waals surface area contributed by atoms with Gasteiger partial charge in [0.1, 0.15) is 18.4 Å². The molecular formula is C28H33N3O6. The summed E-state index contributed by atoms with van der Waals surface area (Å²) in [6.07, 6.45) is 0.745. The van der Waals surface area contributed by atoms with Crippen LogP contribution >= 0.6 is 0 Å². The van der Waals surface area contributed by atoms with Gasteiger partial charge in [0.15, 0.2) is 5.60 Å². The largest absolute Gasteiger partial charge is 0.458 e. The third-order valence-electron chi connectivity index (χ3n) is 7.34. The van der Waals surface area contributed by atoms with Crippen LogP contribution in [0.15, 0.2) is 29.1 Å². The molecule has 3 N–H and O–H groups in total. The monoisotopic (exact) mass is 507 g/mol. The fraction of sp³-hybridized carbons (Fsp3) is 0.429. The van der Waals surface area contributed by atoms with E-state index in [9.17, 15) is 19.5 Å². The number of hydrogen-bond acceptors (Lipinski definition) is 8. The average molecular weight is 508 g/mol. The number of nitrogens with two attached hydrogens (primary N) is 1. The topological polar surface area (TPSA) is 134 Å². The molecule has 4 heterocycles. The van der Waals surface area contributed by atoms with Crippen molar-refractivity contribution in [3.8, 4) is 17.1 Å². The summed E-state index contributed by atoms with van der Waals surface area (Å²) in [4.78, 5) is 43.1. The Morgan fingerprint density at radius 1 is 1.24 bits per heavy atom. The molecule has 196 valence electrons. The lowest BCUT2D eigenvalue weighted by atomic mass is 9.86. The first-order valence-corrected chi connectivity index (χ1v) is 12.2. The zero-order valence-electron chi connectivity index (χ0n) is 20.8. The number of pyridine rings is 2. The van der Waals surface area contributed by atoms with Crippen molar-refractivity contribution in [3.05, 3.63) is 56.9 Å². The van der Waals surface area contributed by atoms with Crippen molar-refractivity contribution in [1.82, 2.24) is 9.55 Å². The number of ether oxygens (including phenoxy) is 2. The van der Waals surface area contributed by atoms with Gasteiger partial charge in [-0.15, -0.1) is 0 Å². The molecule has 0 saturated heterocycles. The number of esters is 2. The number of cyclic esters (lactones) is 1. The van der Waals surface area contributed by atoms with E-state index in [4.69, 9.17) is 20.2 Å². The number of carbonyl (C=O) groups excluding carboxylic acids is 2. The Bertz CT molecular complexity index is 1490. The number of nitrogens with zero attached hydrogens (tertiary/aromatic N) is 2. The summed E-state index contributed by atoms with van der Waals surface area (Å²) < 4.78 is 12.3. The van der Waals surface area contributed by atoms with Crippen molar-refractivity contribution >= 4 is 22.8 Å². The highest BCUT2D eigenvalue weighted by Crippen LogP contribution is 2.40. The van der Waals surface area contributed by atoms with Gasteiger partial charge in [-0.2, -0.15) is 0 Å². The molecule has 0 unspecified atom stereocenters. The number of benzene rings is 1. The Labute approximate surface area is 215 Å².